The zero-order valence-corrected chi connectivity index (χ0v) is 13.2. The van der Waals surface area contributed by atoms with Crippen molar-refractivity contribution in [1.82, 2.24) is 9.88 Å². The molecule has 2 heterocycles. The van der Waals surface area contributed by atoms with Crippen LogP contribution in [0.15, 0.2) is 12.3 Å². The van der Waals surface area contributed by atoms with Gasteiger partial charge in [0.05, 0.1) is 10.6 Å². The number of halogens is 1. The molecule has 1 aromatic heterocycles. The lowest BCUT2D eigenvalue weighted by Crippen LogP contribution is -2.42. The van der Waals surface area contributed by atoms with Gasteiger partial charge in [0.25, 0.3) is 5.91 Å². The van der Waals surface area contributed by atoms with Crippen LogP contribution in [0, 0.1) is 5.41 Å². The molecule has 0 bridgehead atoms. The lowest BCUT2D eigenvalue weighted by atomic mass is 9.77. The van der Waals surface area contributed by atoms with Crippen molar-refractivity contribution in [3.63, 3.8) is 0 Å². The molecular weight excluding hydrogens is 286 g/mol. The van der Waals surface area contributed by atoms with Crippen LogP contribution in [0.3, 0.4) is 0 Å². The minimum Gasteiger partial charge on any atom is -0.373 e. The molecule has 1 spiro atoms. The summed E-state index contributed by atoms with van der Waals surface area (Å²) in [5.41, 5.74) is 1.08. The van der Waals surface area contributed by atoms with Crippen molar-refractivity contribution in [2.75, 3.05) is 25.5 Å². The molecule has 4 nitrogen and oxygen atoms in total. The van der Waals surface area contributed by atoms with Crippen molar-refractivity contribution in [1.29, 1.82) is 0 Å². The predicted octanol–water partition coefficient (Wildman–Crippen LogP) is 3.57. The monoisotopic (exact) mass is 307 g/mol. The molecule has 3 rings (SSSR count). The van der Waals surface area contributed by atoms with Gasteiger partial charge in [-0.2, -0.15) is 0 Å². The molecule has 0 unspecified atom stereocenters. The van der Waals surface area contributed by atoms with Crippen LogP contribution < -0.4 is 5.32 Å². The summed E-state index contributed by atoms with van der Waals surface area (Å²) >= 11 is 6.15. The lowest BCUT2D eigenvalue weighted by molar-refractivity contribution is 0.0587. The summed E-state index contributed by atoms with van der Waals surface area (Å²) < 4.78 is 0. The summed E-state index contributed by atoms with van der Waals surface area (Å²) in [5.74, 6) is 0.707. The fourth-order valence-electron chi connectivity index (χ4n) is 3.72. The van der Waals surface area contributed by atoms with Crippen molar-refractivity contribution >= 4 is 23.3 Å². The highest BCUT2D eigenvalue weighted by Gasteiger charge is 2.38. The van der Waals surface area contributed by atoms with Crippen LogP contribution in [0.25, 0.3) is 0 Å². The van der Waals surface area contributed by atoms with Crippen molar-refractivity contribution in [3.8, 4) is 0 Å². The van der Waals surface area contributed by atoms with E-state index in [4.69, 9.17) is 11.6 Å². The molecule has 1 saturated carbocycles. The van der Waals surface area contributed by atoms with E-state index >= 15 is 0 Å². The Hall–Kier alpha value is -1.29. The van der Waals surface area contributed by atoms with Gasteiger partial charge in [0.1, 0.15) is 5.82 Å². The van der Waals surface area contributed by atoms with Crippen LogP contribution in [-0.2, 0) is 0 Å². The van der Waals surface area contributed by atoms with Gasteiger partial charge in [0.15, 0.2) is 0 Å². The highest BCUT2D eigenvalue weighted by atomic mass is 35.5. The first kappa shape index (κ1) is 14.6. The highest BCUT2D eigenvalue weighted by Crippen LogP contribution is 2.46. The van der Waals surface area contributed by atoms with Crippen LogP contribution in [0.5, 0.6) is 0 Å². The molecule has 2 fully saturated rings. The second kappa shape index (κ2) is 5.84. The number of rotatable bonds is 2. The van der Waals surface area contributed by atoms with Crippen LogP contribution >= 0.6 is 11.6 Å². The number of carbonyl (C=O) groups is 1. The Bertz CT molecular complexity index is 530. The fourth-order valence-corrected chi connectivity index (χ4v) is 3.90. The Morgan fingerprint density at radius 2 is 1.95 bits per heavy atom. The van der Waals surface area contributed by atoms with E-state index in [-0.39, 0.29) is 5.91 Å². The number of likely N-dealkylation sites (tertiary alicyclic amines) is 1. The Labute approximate surface area is 130 Å². The van der Waals surface area contributed by atoms with Crippen molar-refractivity contribution in [3.05, 3.63) is 22.8 Å². The number of amides is 1. The maximum Gasteiger partial charge on any atom is 0.255 e. The van der Waals surface area contributed by atoms with E-state index in [0.717, 1.165) is 25.9 Å². The molecule has 0 atom stereocenters. The molecule has 1 aliphatic carbocycles. The molecule has 5 heteroatoms. The van der Waals surface area contributed by atoms with Gasteiger partial charge in [-0.05, 0) is 37.2 Å². The van der Waals surface area contributed by atoms with Crippen LogP contribution in [-0.4, -0.2) is 35.9 Å². The second-order valence-electron chi connectivity index (χ2n) is 6.30. The molecule has 21 heavy (non-hydrogen) atoms. The number of nitrogens with zero attached hydrogens (tertiary/aromatic N) is 2. The standard InChI is InChI=1S/C16H22ClN3O/c1-18-14-10-12(13(17)11-19-14)15(21)20-8-6-16(7-9-20)4-2-3-5-16/h10-11H,2-9H2,1H3,(H,18,19). The number of hydrogen-bond acceptors (Lipinski definition) is 3. The van der Waals surface area contributed by atoms with E-state index in [2.05, 4.69) is 10.3 Å². The first-order valence-corrected chi connectivity index (χ1v) is 8.14. The van der Waals surface area contributed by atoms with Crippen LogP contribution in [0.1, 0.15) is 48.9 Å². The first-order chi connectivity index (χ1) is 10.1. The van der Waals surface area contributed by atoms with Crippen LogP contribution in [0.4, 0.5) is 5.82 Å². The molecule has 1 aliphatic heterocycles. The Balaban J connectivity index is 1.72. The number of anilines is 1. The third kappa shape index (κ3) is 2.86. The lowest BCUT2D eigenvalue weighted by Gasteiger charge is -2.39. The van der Waals surface area contributed by atoms with Crippen LogP contribution in [0.2, 0.25) is 5.02 Å². The number of piperidine rings is 1. The van der Waals surface area contributed by atoms with E-state index < -0.39 is 0 Å². The summed E-state index contributed by atoms with van der Waals surface area (Å²) in [6.45, 7) is 1.71. The number of aromatic nitrogens is 1. The zero-order chi connectivity index (χ0) is 14.9. The number of pyridine rings is 1. The van der Waals surface area contributed by atoms with Gasteiger partial charge in [-0.15, -0.1) is 0 Å². The van der Waals surface area contributed by atoms with E-state index in [0.29, 0.717) is 21.8 Å². The average Bonchev–Trinajstić information content (AvgIpc) is 2.96. The minimum atomic E-state index is 0.0340. The van der Waals surface area contributed by atoms with Gasteiger partial charge in [0, 0.05) is 26.3 Å². The van der Waals surface area contributed by atoms with Gasteiger partial charge < -0.3 is 10.2 Å². The molecule has 1 N–H and O–H groups in total. The molecular formula is C16H22ClN3O. The zero-order valence-electron chi connectivity index (χ0n) is 12.5. The Morgan fingerprint density at radius 3 is 2.57 bits per heavy atom. The minimum absolute atomic E-state index is 0.0340. The Kier molecular flexibility index (Phi) is 4.07. The molecule has 1 amide bonds. The van der Waals surface area contributed by atoms with Crippen molar-refractivity contribution in [2.45, 2.75) is 38.5 Å². The smallest absolute Gasteiger partial charge is 0.255 e. The quantitative estimate of drug-likeness (QED) is 0.908. The second-order valence-corrected chi connectivity index (χ2v) is 6.71. The summed E-state index contributed by atoms with van der Waals surface area (Å²) in [7, 11) is 1.79. The van der Waals surface area contributed by atoms with E-state index in [1.807, 2.05) is 4.90 Å². The normalized spacial score (nSPS) is 20.8. The third-order valence-corrected chi connectivity index (χ3v) is 5.42. The van der Waals surface area contributed by atoms with E-state index in [1.54, 1.807) is 19.3 Å². The first-order valence-electron chi connectivity index (χ1n) is 7.76. The third-order valence-electron chi connectivity index (χ3n) is 5.12. The number of carbonyl (C=O) groups excluding carboxylic acids is 1. The summed E-state index contributed by atoms with van der Waals surface area (Å²) in [6.07, 6.45) is 9.22. The number of nitrogens with one attached hydrogen (secondary N) is 1. The largest absolute Gasteiger partial charge is 0.373 e. The molecule has 0 aromatic carbocycles. The highest BCUT2D eigenvalue weighted by molar-refractivity contribution is 6.33. The van der Waals surface area contributed by atoms with Crippen molar-refractivity contribution in [2.24, 2.45) is 5.41 Å². The van der Waals surface area contributed by atoms with Gasteiger partial charge in [0.2, 0.25) is 0 Å². The maximum atomic E-state index is 12.7. The average molecular weight is 308 g/mol. The van der Waals surface area contributed by atoms with E-state index in [9.17, 15) is 4.79 Å². The summed E-state index contributed by atoms with van der Waals surface area (Å²) in [6, 6.07) is 1.74. The summed E-state index contributed by atoms with van der Waals surface area (Å²) in [4.78, 5) is 18.8. The maximum absolute atomic E-state index is 12.7. The predicted molar refractivity (Wildman–Crippen MR) is 84.8 cm³/mol. The van der Waals surface area contributed by atoms with Gasteiger partial charge in [-0.25, -0.2) is 4.98 Å². The van der Waals surface area contributed by atoms with Gasteiger partial charge >= 0.3 is 0 Å². The summed E-state index contributed by atoms with van der Waals surface area (Å²) in [5, 5.41) is 3.38. The number of hydrogen-bond donors (Lipinski definition) is 1. The fraction of sp³-hybridized carbons (Fsp3) is 0.625. The molecule has 1 aromatic rings. The molecule has 2 aliphatic rings. The Morgan fingerprint density at radius 1 is 1.29 bits per heavy atom. The van der Waals surface area contributed by atoms with Crippen molar-refractivity contribution < 1.29 is 4.79 Å². The molecule has 1 saturated heterocycles. The van der Waals surface area contributed by atoms with Gasteiger partial charge in [-0.1, -0.05) is 24.4 Å². The van der Waals surface area contributed by atoms with E-state index in [1.165, 1.54) is 25.7 Å². The molecule has 114 valence electrons. The molecule has 0 radical (unpaired) electrons. The SMILES string of the molecule is CNc1cc(C(=O)N2CCC3(CCCC3)CC2)c(Cl)cn1. The topological polar surface area (TPSA) is 45.2 Å². The van der Waals surface area contributed by atoms with Gasteiger partial charge in [-0.3, -0.25) is 4.79 Å².